The van der Waals surface area contributed by atoms with E-state index in [1.165, 1.54) is 0 Å². The van der Waals surface area contributed by atoms with E-state index in [9.17, 15) is 4.79 Å². The average Bonchev–Trinajstić information content (AvgIpc) is 3.28. The summed E-state index contributed by atoms with van der Waals surface area (Å²) in [7, 11) is 4.74. The van der Waals surface area contributed by atoms with Crippen molar-refractivity contribution in [3.63, 3.8) is 0 Å². The molecule has 10 heteroatoms. The fourth-order valence-corrected chi connectivity index (χ4v) is 5.08. The maximum absolute atomic E-state index is 12.5. The van der Waals surface area contributed by atoms with E-state index in [1.54, 1.807) is 50.9 Å². The number of nitrogens with zero attached hydrogens (tertiary/aromatic N) is 3. The number of aromatic nitrogens is 1. The maximum atomic E-state index is 12.5. The van der Waals surface area contributed by atoms with Gasteiger partial charge in [0.1, 0.15) is 5.52 Å². The van der Waals surface area contributed by atoms with Crippen molar-refractivity contribution in [2.24, 2.45) is 0 Å². The van der Waals surface area contributed by atoms with Gasteiger partial charge in [0.25, 0.3) is 5.91 Å². The van der Waals surface area contributed by atoms with Crippen LogP contribution in [0.15, 0.2) is 30.3 Å². The van der Waals surface area contributed by atoms with Gasteiger partial charge in [0, 0.05) is 44.8 Å². The third-order valence-electron chi connectivity index (χ3n) is 5.66. The van der Waals surface area contributed by atoms with E-state index in [1.807, 2.05) is 12.1 Å². The minimum Gasteiger partial charge on any atom is -0.493 e. The van der Waals surface area contributed by atoms with E-state index in [-0.39, 0.29) is 5.91 Å². The quantitative estimate of drug-likeness (QED) is 0.517. The zero-order valence-electron chi connectivity index (χ0n) is 18.9. The third-order valence-corrected chi connectivity index (χ3v) is 7.04. The van der Waals surface area contributed by atoms with Crippen LogP contribution in [0.5, 0.6) is 17.2 Å². The average molecular weight is 491 g/mol. The summed E-state index contributed by atoms with van der Waals surface area (Å²) in [5.41, 5.74) is 1.36. The van der Waals surface area contributed by atoms with Crippen molar-refractivity contribution in [1.82, 2.24) is 15.2 Å². The number of amides is 1. The standard InChI is InChI=1S/C23H27ClN4O4S/c1-30-17-6-4-15(14-18(17)31-2)22(29)25-8-9-27-10-12-28(13-11-27)23-26-20-19(33-23)7-5-16(24)21(20)32-3/h4-7,14H,8-13H2,1-3H3,(H,25,29). The van der Waals surface area contributed by atoms with Crippen LogP contribution in [-0.4, -0.2) is 76.4 Å². The first kappa shape index (κ1) is 23.4. The lowest BCUT2D eigenvalue weighted by Crippen LogP contribution is -2.48. The van der Waals surface area contributed by atoms with Crippen molar-refractivity contribution in [3.05, 3.63) is 40.9 Å². The zero-order chi connectivity index (χ0) is 23.4. The van der Waals surface area contributed by atoms with Crippen LogP contribution in [0.1, 0.15) is 10.4 Å². The van der Waals surface area contributed by atoms with Gasteiger partial charge in [-0.1, -0.05) is 22.9 Å². The summed E-state index contributed by atoms with van der Waals surface area (Å²) >= 11 is 7.88. The van der Waals surface area contributed by atoms with Crippen LogP contribution in [0.2, 0.25) is 5.02 Å². The molecule has 0 unspecified atom stereocenters. The Labute approximate surface area is 202 Å². The van der Waals surface area contributed by atoms with Gasteiger partial charge in [-0.2, -0.15) is 0 Å². The number of piperazine rings is 1. The van der Waals surface area contributed by atoms with Crippen LogP contribution < -0.4 is 24.4 Å². The van der Waals surface area contributed by atoms with E-state index in [4.69, 9.17) is 30.8 Å². The molecule has 8 nitrogen and oxygen atoms in total. The van der Waals surface area contributed by atoms with Crippen molar-refractivity contribution in [1.29, 1.82) is 0 Å². The number of fused-ring (bicyclic) bond motifs is 1. The van der Waals surface area contributed by atoms with Crippen molar-refractivity contribution in [2.45, 2.75) is 0 Å². The highest BCUT2D eigenvalue weighted by Gasteiger charge is 2.21. The van der Waals surface area contributed by atoms with E-state index in [2.05, 4.69) is 15.1 Å². The minimum atomic E-state index is -0.128. The molecule has 3 aromatic rings. The number of carbonyl (C=O) groups excluding carboxylic acids is 1. The van der Waals surface area contributed by atoms with Gasteiger partial charge in [-0.05, 0) is 30.3 Å². The van der Waals surface area contributed by atoms with Crippen LogP contribution in [0, 0.1) is 0 Å². The Bertz CT molecular complexity index is 1130. The van der Waals surface area contributed by atoms with Gasteiger partial charge in [0.15, 0.2) is 22.4 Å². The van der Waals surface area contributed by atoms with Crippen molar-refractivity contribution in [3.8, 4) is 17.2 Å². The van der Waals surface area contributed by atoms with Crippen molar-refractivity contribution in [2.75, 3.05) is 65.5 Å². The Morgan fingerprint density at radius 3 is 2.52 bits per heavy atom. The smallest absolute Gasteiger partial charge is 0.251 e. The van der Waals surface area contributed by atoms with E-state index in [0.717, 1.165) is 48.1 Å². The molecule has 1 aromatic heterocycles. The maximum Gasteiger partial charge on any atom is 0.251 e. The molecule has 0 aliphatic carbocycles. The highest BCUT2D eigenvalue weighted by atomic mass is 35.5. The summed E-state index contributed by atoms with van der Waals surface area (Å²) in [5.74, 6) is 1.63. The molecule has 4 rings (SSSR count). The Morgan fingerprint density at radius 1 is 1.06 bits per heavy atom. The number of hydrogen-bond donors (Lipinski definition) is 1. The van der Waals surface area contributed by atoms with Gasteiger partial charge in [0.2, 0.25) is 0 Å². The molecule has 0 radical (unpaired) electrons. The summed E-state index contributed by atoms with van der Waals surface area (Å²) in [6.45, 7) is 4.92. The van der Waals surface area contributed by atoms with E-state index in [0.29, 0.717) is 34.4 Å². The van der Waals surface area contributed by atoms with Crippen LogP contribution in [0.25, 0.3) is 10.2 Å². The molecule has 176 valence electrons. The van der Waals surface area contributed by atoms with E-state index >= 15 is 0 Å². The van der Waals surface area contributed by atoms with Crippen LogP contribution in [0.3, 0.4) is 0 Å². The number of halogens is 1. The van der Waals surface area contributed by atoms with Crippen LogP contribution in [0.4, 0.5) is 5.13 Å². The Morgan fingerprint density at radius 2 is 1.82 bits per heavy atom. The van der Waals surface area contributed by atoms with Crippen LogP contribution in [-0.2, 0) is 0 Å². The SMILES string of the molecule is COc1ccc(C(=O)NCCN2CCN(c3nc4c(OC)c(Cl)ccc4s3)CC2)cc1OC. The molecule has 2 aromatic carbocycles. The number of carbonyl (C=O) groups is 1. The molecule has 0 bridgehead atoms. The number of hydrogen-bond acceptors (Lipinski definition) is 8. The first-order chi connectivity index (χ1) is 16.0. The number of rotatable bonds is 8. The Hall–Kier alpha value is -2.75. The van der Waals surface area contributed by atoms with Gasteiger partial charge < -0.3 is 24.4 Å². The first-order valence-electron chi connectivity index (χ1n) is 10.6. The lowest BCUT2D eigenvalue weighted by atomic mass is 10.2. The molecule has 1 fully saturated rings. The molecule has 1 aliphatic heterocycles. The van der Waals surface area contributed by atoms with E-state index < -0.39 is 0 Å². The normalized spacial score (nSPS) is 14.4. The number of nitrogens with one attached hydrogen (secondary N) is 1. The predicted octanol–water partition coefficient (Wildman–Crippen LogP) is 3.53. The second-order valence-electron chi connectivity index (χ2n) is 7.58. The highest BCUT2D eigenvalue weighted by molar-refractivity contribution is 7.22. The molecule has 33 heavy (non-hydrogen) atoms. The summed E-state index contributed by atoms with van der Waals surface area (Å²) in [5, 5.41) is 4.54. The van der Waals surface area contributed by atoms with Gasteiger partial charge in [-0.15, -0.1) is 0 Å². The first-order valence-corrected chi connectivity index (χ1v) is 11.8. The molecule has 1 aliphatic rings. The molecule has 2 heterocycles. The summed E-state index contributed by atoms with van der Waals surface area (Å²) in [6, 6.07) is 8.99. The van der Waals surface area contributed by atoms with Gasteiger partial charge >= 0.3 is 0 Å². The Kier molecular flexibility index (Phi) is 7.42. The molecular formula is C23H27ClN4O4S. The largest absolute Gasteiger partial charge is 0.493 e. The van der Waals surface area contributed by atoms with Gasteiger partial charge in [-0.25, -0.2) is 4.98 Å². The molecular weight excluding hydrogens is 464 g/mol. The predicted molar refractivity (Wildman–Crippen MR) is 132 cm³/mol. The zero-order valence-corrected chi connectivity index (χ0v) is 20.5. The third kappa shape index (κ3) is 5.10. The second kappa shape index (κ2) is 10.5. The molecule has 1 amide bonds. The summed E-state index contributed by atoms with van der Waals surface area (Å²) in [4.78, 5) is 21.9. The fraction of sp³-hybridized carbons (Fsp3) is 0.391. The lowest BCUT2D eigenvalue weighted by molar-refractivity contribution is 0.0947. The topological polar surface area (TPSA) is 76.2 Å². The molecule has 1 saturated heterocycles. The second-order valence-corrected chi connectivity index (χ2v) is 8.99. The van der Waals surface area contributed by atoms with Gasteiger partial charge in [0.05, 0.1) is 31.1 Å². The lowest BCUT2D eigenvalue weighted by Gasteiger charge is -2.34. The highest BCUT2D eigenvalue weighted by Crippen LogP contribution is 2.38. The minimum absolute atomic E-state index is 0.128. The summed E-state index contributed by atoms with van der Waals surface area (Å²) in [6.07, 6.45) is 0. The fourth-order valence-electron chi connectivity index (χ4n) is 3.83. The van der Waals surface area contributed by atoms with Crippen LogP contribution >= 0.6 is 22.9 Å². The number of ether oxygens (including phenoxy) is 3. The monoisotopic (exact) mass is 490 g/mol. The number of benzene rings is 2. The number of thiazole rings is 1. The van der Waals surface area contributed by atoms with Crippen molar-refractivity contribution >= 4 is 44.2 Å². The number of anilines is 1. The Balaban J connectivity index is 1.28. The number of methoxy groups -OCH3 is 3. The van der Waals surface area contributed by atoms with Gasteiger partial charge in [-0.3, -0.25) is 9.69 Å². The summed E-state index contributed by atoms with van der Waals surface area (Å²) < 4.78 is 17.0. The van der Waals surface area contributed by atoms with Crippen molar-refractivity contribution < 1.29 is 19.0 Å². The molecule has 0 saturated carbocycles. The molecule has 0 atom stereocenters. The molecule has 1 N–H and O–H groups in total. The molecule has 0 spiro atoms.